The second-order valence-electron chi connectivity index (χ2n) is 6.66. The molecular weight excluding hydrogens is 382 g/mol. The summed E-state index contributed by atoms with van der Waals surface area (Å²) in [6.07, 6.45) is 1.77. The first kappa shape index (κ1) is 19.1. The number of pyridine rings is 1. The Hall–Kier alpha value is -3.19. The van der Waals surface area contributed by atoms with Crippen LogP contribution < -0.4 is 4.74 Å². The van der Waals surface area contributed by atoms with Crippen LogP contribution in [0.3, 0.4) is 0 Å². The molecule has 0 saturated heterocycles. The van der Waals surface area contributed by atoms with Gasteiger partial charge in [-0.05, 0) is 65.2 Å². The lowest BCUT2D eigenvalue weighted by molar-refractivity contribution is 0.301. The van der Waals surface area contributed by atoms with Crippen LogP contribution in [0.4, 0.5) is 0 Å². The molecule has 2 aromatic heterocycles. The zero-order valence-corrected chi connectivity index (χ0v) is 17.1. The molecule has 0 amide bonds. The van der Waals surface area contributed by atoms with Crippen LogP contribution >= 0.6 is 11.8 Å². The third kappa shape index (κ3) is 4.63. The summed E-state index contributed by atoms with van der Waals surface area (Å²) in [5, 5.41) is 13.1. The Balaban J connectivity index is 1.40. The number of hydrogen-bond donors (Lipinski definition) is 0. The largest absolute Gasteiger partial charge is 0.487 e. The number of tetrazole rings is 1. The average Bonchev–Trinajstić information content (AvgIpc) is 3.20. The molecular formula is C22H21N5OS. The molecule has 0 spiro atoms. The van der Waals surface area contributed by atoms with Crippen molar-refractivity contribution in [2.45, 2.75) is 31.4 Å². The van der Waals surface area contributed by atoms with Gasteiger partial charge in [-0.15, -0.1) is 5.10 Å². The van der Waals surface area contributed by atoms with Crippen LogP contribution in [-0.2, 0) is 12.4 Å². The molecule has 0 aliphatic rings. The lowest BCUT2D eigenvalue weighted by Crippen LogP contribution is -2.04. The number of ether oxygens (including phenoxy) is 1. The number of aryl methyl sites for hydroxylation is 2. The van der Waals surface area contributed by atoms with Crippen LogP contribution in [0.1, 0.15) is 22.4 Å². The van der Waals surface area contributed by atoms with E-state index in [0.29, 0.717) is 6.61 Å². The maximum atomic E-state index is 5.79. The minimum absolute atomic E-state index is 0.458. The molecule has 6 nitrogen and oxygen atoms in total. The molecule has 0 atom stereocenters. The second-order valence-corrected chi connectivity index (χ2v) is 7.60. The molecule has 0 aliphatic heterocycles. The summed E-state index contributed by atoms with van der Waals surface area (Å²) in [6.45, 7) is 4.60. The van der Waals surface area contributed by atoms with Crippen LogP contribution in [0, 0.1) is 13.8 Å². The first-order valence-electron chi connectivity index (χ1n) is 9.30. The van der Waals surface area contributed by atoms with Crippen molar-refractivity contribution < 1.29 is 4.74 Å². The lowest BCUT2D eigenvalue weighted by atomic mass is 10.1. The minimum Gasteiger partial charge on any atom is -0.487 e. The van der Waals surface area contributed by atoms with Crippen LogP contribution in [0.2, 0.25) is 0 Å². The van der Waals surface area contributed by atoms with E-state index in [1.54, 1.807) is 18.0 Å². The molecule has 7 heteroatoms. The number of rotatable bonds is 7. The van der Waals surface area contributed by atoms with Crippen LogP contribution in [0.25, 0.3) is 5.69 Å². The van der Waals surface area contributed by atoms with Crippen LogP contribution in [0.5, 0.6) is 5.75 Å². The van der Waals surface area contributed by atoms with Gasteiger partial charge in [0.05, 0.1) is 11.4 Å². The molecule has 0 N–H and O–H groups in total. The fourth-order valence-corrected chi connectivity index (χ4v) is 3.85. The molecule has 146 valence electrons. The molecule has 29 heavy (non-hydrogen) atoms. The molecule has 2 heterocycles. The van der Waals surface area contributed by atoms with Gasteiger partial charge in [-0.25, -0.2) is 0 Å². The predicted molar refractivity (Wildman–Crippen MR) is 113 cm³/mol. The summed E-state index contributed by atoms with van der Waals surface area (Å²) in [6, 6.07) is 20.1. The van der Waals surface area contributed by atoms with Gasteiger partial charge in [0.1, 0.15) is 12.4 Å². The molecule has 0 bridgehead atoms. The third-order valence-corrected chi connectivity index (χ3v) is 5.49. The van der Waals surface area contributed by atoms with Crippen molar-refractivity contribution in [3.05, 3.63) is 89.2 Å². The fraction of sp³-hybridized carbons (Fsp3) is 0.182. The second kappa shape index (κ2) is 8.87. The summed E-state index contributed by atoms with van der Waals surface area (Å²) in [5.41, 5.74) is 5.42. The summed E-state index contributed by atoms with van der Waals surface area (Å²) in [7, 11) is 0. The normalized spacial score (nSPS) is 10.8. The van der Waals surface area contributed by atoms with E-state index in [4.69, 9.17) is 4.74 Å². The lowest BCUT2D eigenvalue weighted by Gasteiger charge is -2.10. The minimum atomic E-state index is 0.458. The third-order valence-electron chi connectivity index (χ3n) is 4.50. The van der Waals surface area contributed by atoms with Gasteiger partial charge in [-0.1, -0.05) is 48.2 Å². The SMILES string of the molecule is Cc1cccc(C)c1-n1nnnc1SCc1ccc(OCc2ccccn2)cc1. The zero-order chi connectivity index (χ0) is 20.1. The average molecular weight is 404 g/mol. The Morgan fingerprint density at radius 1 is 0.931 bits per heavy atom. The number of nitrogens with zero attached hydrogens (tertiary/aromatic N) is 5. The van der Waals surface area contributed by atoms with Crippen molar-refractivity contribution in [3.63, 3.8) is 0 Å². The van der Waals surface area contributed by atoms with Crippen LogP contribution in [-0.4, -0.2) is 25.2 Å². The molecule has 4 rings (SSSR count). The molecule has 0 unspecified atom stereocenters. The summed E-state index contributed by atoms with van der Waals surface area (Å²) in [5.74, 6) is 1.59. The highest BCUT2D eigenvalue weighted by Gasteiger charge is 2.13. The van der Waals surface area contributed by atoms with Crippen molar-refractivity contribution in [1.29, 1.82) is 0 Å². The quantitative estimate of drug-likeness (QED) is 0.422. The monoisotopic (exact) mass is 403 g/mol. The van der Waals surface area contributed by atoms with E-state index in [1.165, 1.54) is 5.56 Å². The van der Waals surface area contributed by atoms with Gasteiger partial charge in [0.2, 0.25) is 5.16 Å². The topological polar surface area (TPSA) is 65.7 Å². The van der Waals surface area contributed by atoms with E-state index in [9.17, 15) is 0 Å². The van der Waals surface area contributed by atoms with E-state index in [-0.39, 0.29) is 0 Å². The van der Waals surface area contributed by atoms with Gasteiger partial charge >= 0.3 is 0 Å². The maximum absolute atomic E-state index is 5.79. The van der Waals surface area contributed by atoms with Gasteiger partial charge < -0.3 is 4.74 Å². The highest BCUT2D eigenvalue weighted by Crippen LogP contribution is 2.26. The molecule has 4 aromatic rings. The van der Waals surface area contributed by atoms with Crippen molar-refractivity contribution in [2.24, 2.45) is 0 Å². The van der Waals surface area contributed by atoms with Crippen molar-refractivity contribution >= 4 is 11.8 Å². The maximum Gasteiger partial charge on any atom is 0.214 e. The molecule has 2 aromatic carbocycles. The Kier molecular flexibility index (Phi) is 5.86. The summed E-state index contributed by atoms with van der Waals surface area (Å²) in [4.78, 5) is 4.27. The van der Waals surface area contributed by atoms with E-state index < -0.39 is 0 Å². The molecule has 0 aliphatic carbocycles. The first-order valence-corrected chi connectivity index (χ1v) is 10.3. The van der Waals surface area contributed by atoms with E-state index >= 15 is 0 Å². The van der Waals surface area contributed by atoms with E-state index in [2.05, 4.69) is 58.6 Å². The van der Waals surface area contributed by atoms with Crippen molar-refractivity contribution in [2.75, 3.05) is 0 Å². The Morgan fingerprint density at radius 2 is 1.72 bits per heavy atom. The summed E-state index contributed by atoms with van der Waals surface area (Å²) >= 11 is 1.61. The van der Waals surface area contributed by atoms with Gasteiger partial charge in [0, 0.05) is 11.9 Å². The van der Waals surface area contributed by atoms with Gasteiger partial charge in [0.15, 0.2) is 0 Å². The summed E-state index contributed by atoms with van der Waals surface area (Å²) < 4.78 is 7.61. The van der Waals surface area contributed by atoms with Crippen LogP contribution in [0.15, 0.2) is 72.0 Å². The van der Waals surface area contributed by atoms with Crippen molar-refractivity contribution in [1.82, 2.24) is 25.2 Å². The van der Waals surface area contributed by atoms with Gasteiger partial charge in [-0.3, -0.25) is 4.98 Å². The van der Waals surface area contributed by atoms with Crippen molar-refractivity contribution in [3.8, 4) is 11.4 Å². The highest BCUT2D eigenvalue weighted by molar-refractivity contribution is 7.98. The molecule has 0 radical (unpaired) electrons. The van der Waals surface area contributed by atoms with E-state index in [1.807, 2.05) is 41.1 Å². The first-order chi connectivity index (χ1) is 14.2. The molecule has 0 fully saturated rings. The standard InChI is InChI=1S/C22H21N5OS/c1-16-6-5-7-17(2)21(16)27-22(24-25-26-27)29-15-18-9-11-20(12-10-18)28-14-19-8-3-4-13-23-19/h3-13H,14-15H2,1-2H3. The number of benzene rings is 2. The smallest absolute Gasteiger partial charge is 0.214 e. The Labute approximate surface area is 174 Å². The number of thioether (sulfide) groups is 1. The molecule has 0 saturated carbocycles. The van der Waals surface area contributed by atoms with Gasteiger partial charge in [0.25, 0.3) is 0 Å². The fourth-order valence-electron chi connectivity index (χ4n) is 3.02. The Bertz CT molecular complexity index is 1060. The van der Waals surface area contributed by atoms with E-state index in [0.717, 1.165) is 39.2 Å². The number of hydrogen-bond acceptors (Lipinski definition) is 6. The van der Waals surface area contributed by atoms with Gasteiger partial charge in [-0.2, -0.15) is 4.68 Å². The number of aromatic nitrogens is 5. The Morgan fingerprint density at radius 3 is 2.45 bits per heavy atom. The number of para-hydroxylation sites is 1. The predicted octanol–water partition coefficient (Wildman–Crippen LogP) is 4.55. The highest BCUT2D eigenvalue weighted by atomic mass is 32.2. The zero-order valence-electron chi connectivity index (χ0n) is 16.3.